The van der Waals surface area contributed by atoms with Gasteiger partial charge in [-0.25, -0.2) is 4.79 Å². The molecule has 2 fully saturated rings. The first-order valence-electron chi connectivity index (χ1n) is 7.99. The lowest BCUT2D eigenvalue weighted by Gasteiger charge is -2.20. The van der Waals surface area contributed by atoms with Gasteiger partial charge in [0.1, 0.15) is 12.2 Å². The fourth-order valence-electron chi connectivity index (χ4n) is 3.00. The quantitative estimate of drug-likeness (QED) is 0.794. The number of rotatable bonds is 5. The second-order valence-electron chi connectivity index (χ2n) is 6.20. The summed E-state index contributed by atoms with van der Waals surface area (Å²) in [6.07, 6.45) is -1.83. The highest BCUT2D eigenvalue weighted by Gasteiger charge is 2.59. The van der Waals surface area contributed by atoms with Gasteiger partial charge in [-0.1, -0.05) is 0 Å². The number of aliphatic hydroxyl groups excluding tert-OH is 1. The van der Waals surface area contributed by atoms with E-state index in [4.69, 9.17) is 9.47 Å². The number of aliphatic hydroxyl groups is 1. The topological polar surface area (TPSA) is 85.6 Å². The van der Waals surface area contributed by atoms with Crippen molar-refractivity contribution >= 4 is 0 Å². The Hall–Kier alpha value is -1.42. The standard InChI is InChI=1S/C15H21F2N3O4/c1-9-4-5-20(14(22)19-9)13-15(16,17)12(21)11(24-13)8-18-7-10-3-2-6-23-10/h4-5,10-13,18,21H,2-3,6-8H2,1H3/t10?,11-,12-,13-/m1/s1. The monoisotopic (exact) mass is 345 g/mol. The summed E-state index contributed by atoms with van der Waals surface area (Å²) in [6, 6.07) is 1.44. The maximum absolute atomic E-state index is 14.3. The summed E-state index contributed by atoms with van der Waals surface area (Å²) in [5.74, 6) is -3.59. The molecule has 0 aromatic carbocycles. The highest BCUT2D eigenvalue weighted by Crippen LogP contribution is 2.41. The molecule has 7 nitrogen and oxygen atoms in total. The second-order valence-corrected chi connectivity index (χ2v) is 6.20. The van der Waals surface area contributed by atoms with Crippen LogP contribution in [-0.2, 0) is 9.47 Å². The summed E-state index contributed by atoms with van der Waals surface area (Å²) in [6.45, 7) is 2.85. The van der Waals surface area contributed by atoms with Crippen molar-refractivity contribution < 1.29 is 23.4 Å². The van der Waals surface area contributed by atoms with Gasteiger partial charge in [-0.05, 0) is 25.8 Å². The summed E-state index contributed by atoms with van der Waals surface area (Å²) in [5, 5.41) is 12.9. The Kier molecular flexibility index (Phi) is 4.95. The Morgan fingerprint density at radius 3 is 2.96 bits per heavy atom. The number of alkyl halides is 2. The lowest BCUT2D eigenvalue weighted by molar-refractivity contribution is -0.140. The molecule has 2 aliphatic heterocycles. The SMILES string of the molecule is Cc1ccn([C@@H]2O[C@H](CNCC3CCCO3)[C@@H](O)C2(F)F)c(=O)n1. The van der Waals surface area contributed by atoms with Crippen molar-refractivity contribution in [3.05, 3.63) is 28.4 Å². The number of nitrogens with zero attached hydrogens (tertiary/aromatic N) is 2. The predicted molar refractivity (Wildman–Crippen MR) is 79.9 cm³/mol. The van der Waals surface area contributed by atoms with Crippen molar-refractivity contribution in [3.63, 3.8) is 0 Å². The molecule has 0 radical (unpaired) electrons. The summed E-state index contributed by atoms with van der Waals surface area (Å²) in [4.78, 5) is 15.5. The van der Waals surface area contributed by atoms with Crippen molar-refractivity contribution in [2.24, 2.45) is 0 Å². The van der Waals surface area contributed by atoms with E-state index in [1.54, 1.807) is 6.92 Å². The third-order valence-corrected chi connectivity index (χ3v) is 4.34. The van der Waals surface area contributed by atoms with E-state index in [2.05, 4.69) is 10.3 Å². The molecule has 3 heterocycles. The van der Waals surface area contributed by atoms with Crippen molar-refractivity contribution in [1.29, 1.82) is 0 Å². The molecule has 0 aliphatic carbocycles. The van der Waals surface area contributed by atoms with Crippen molar-refractivity contribution in [1.82, 2.24) is 14.9 Å². The number of halogens is 2. The molecular formula is C15H21F2N3O4. The number of hydrogen-bond donors (Lipinski definition) is 2. The Balaban J connectivity index is 1.67. The molecule has 3 rings (SSSR count). The van der Waals surface area contributed by atoms with Crippen LogP contribution in [0.15, 0.2) is 17.1 Å². The van der Waals surface area contributed by atoms with E-state index in [1.165, 1.54) is 12.3 Å². The van der Waals surface area contributed by atoms with Crippen molar-refractivity contribution in [2.75, 3.05) is 19.7 Å². The first-order chi connectivity index (χ1) is 11.4. The van der Waals surface area contributed by atoms with Crippen LogP contribution in [0.4, 0.5) is 8.78 Å². The smallest absolute Gasteiger partial charge is 0.350 e. The average molecular weight is 345 g/mol. The van der Waals surface area contributed by atoms with E-state index >= 15 is 0 Å². The van der Waals surface area contributed by atoms with Crippen LogP contribution in [-0.4, -0.2) is 58.6 Å². The molecule has 1 unspecified atom stereocenters. The Bertz CT molecular complexity index is 633. The van der Waals surface area contributed by atoms with E-state index < -0.39 is 30.0 Å². The van der Waals surface area contributed by atoms with E-state index in [-0.39, 0.29) is 12.6 Å². The van der Waals surface area contributed by atoms with E-state index in [0.29, 0.717) is 18.8 Å². The van der Waals surface area contributed by atoms with Gasteiger partial charge < -0.3 is 19.9 Å². The largest absolute Gasteiger partial charge is 0.384 e. The molecule has 9 heteroatoms. The first-order valence-corrected chi connectivity index (χ1v) is 7.99. The molecule has 0 spiro atoms. The van der Waals surface area contributed by atoms with E-state index in [1.807, 2.05) is 0 Å². The van der Waals surface area contributed by atoms with Crippen LogP contribution in [0.5, 0.6) is 0 Å². The molecule has 24 heavy (non-hydrogen) atoms. The molecule has 0 saturated carbocycles. The molecule has 0 bridgehead atoms. The zero-order valence-corrected chi connectivity index (χ0v) is 13.3. The number of aryl methyl sites for hydroxylation is 1. The molecule has 2 saturated heterocycles. The molecule has 134 valence electrons. The predicted octanol–water partition coefficient (Wildman–Crippen LogP) is 0.214. The Morgan fingerprint density at radius 2 is 2.29 bits per heavy atom. The van der Waals surface area contributed by atoms with Gasteiger partial charge in [0.2, 0.25) is 6.23 Å². The van der Waals surface area contributed by atoms with Gasteiger partial charge in [-0.3, -0.25) is 4.57 Å². The lowest BCUT2D eigenvalue weighted by Crippen LogP contribution is -2.43. The van der Waals surface area contributed by atoms with Crippen LogP contribution in [0.2, 0.25) is 0 Å². The van der Waals surface area contributed by atoms with Crippen LogP contribution < -0.4 is 11.0 Å². The van der Waals surface area contributed by atoms with Gasteiger partial charge in [0.25, 0.3) is 0 Å². The second kappa shape index (κ2) is 6.83. The van der Waals surface area contributed by atoms with Crippen LogP contribution in [0, 0.1) is 6.92 Å². The summed E-state index contributed by atoms with van der Waals surface area (Å²) < 4.78 is 40.1. The molecule has 4 atom stereocenters. The summed E-state index contributed by atoms with van der Waals surface area (Å²) in [5.41, 5.74) is -0.410. The van der Waals surface area contributed by atoms with Gasteiger partial charge in [-0.15, -0.1) is 0 Å². The van der Waals surface area contributed by atoms with Crippen LogP contribution in [0.3, 0.4) is 0 Å². The van der Waals surface area contributed by atoms with Crippen molar-refractivity contribution in [3.8, 4) is 0 Å². The molecule has 1 aromatic heterocycles. The fraction of sp³-hybridized carbons (Fsp3) is 0.733. The first kappa shape index (κ1) is 17.4. The minimum atomic E-state index is -3.59. The Labute approximate surface area is 137 Å². The third-order valence-electron chi connectivity index (χ3n) is 4.34. The van der Waals surface area contributed by atoms with Crippen LogP contribution >= 0.6 is 0 Å². The lowest BCUT2D eigenvalue weighted by atomic mass is 10.1. The minimum Gasteiger partial charge on any atom is -0.384 e. The molecule has 2 N–H and O–H groups in total. The third kappa shape index (κ3) is 3.34. The number of ether oxygens (including phenoxy) is 2. The van der Waals surface area contributed by atoms with Gasteiger partial charge in [0.15, 0.2) is 0 Å². The highest BCUT2D eigenvalue weighted by molar-refractivity contribution is 5.01. The maximum Gasteiger partial charge on any atom is 0.350 e. The van der Waals surface area contributed by atoms with Gasteiger partial charge >= 0.3 is 11.6 Å². The average Bonchev–Trinajstić information content (AvgIpc) is 3.10. The zero-order valence-electron chi connectivity index (χ0n) is 13.3. The summed E-state index contributed by atoms with van der Waals surface area (Å²) in [7, 11) is 0. The zero-order chi connectivity index (χ0) is 17.3. The highest BCUT2D eigenvalue weighted by atomic mass is 19.3. The fourth-order valence-corrected chi connectivity index (χ4v) is 3.00. The summed E-state index contributed by atoms with van der Waals surface area (Å²) >= 11 is 0. The molecule has 0 amide bonds. The number of hydrogen-bond acceptors (Lipinski definition) is 6. The number of nitrogens with one attached hydrogen (secondary N) is 1. The molecule has 1 aromatic rings. The number of aromatic nitrogens is 2. The van der Waals surface area contributed by atoms with Gasteiger partial charge in [0, 0.05) is 31.6 Å². The van der Waals surface area contributed by atoms with Crippen LogP contribution in [0.25, 0.3) is 0 Å². The molecule has 2 aliphatic rings. The Morgan fingerprint density at radius 1 is 1.50 bits per heavy atom. The minimum absolute atomic E-state index is 0.0428. The van der Waals surface area contributed by atoms with Gasteiger partial charge in [-0.2, -0.15) is 13.8 Å². The van der Waals surface area contributed by atoms with E-state index in [9.17, 15) is 18.7 Å². The maximum atomic E-state index is 14.3. The van der Waals surface area contributed by atoms with E-state index in [0.717, 1.165) is 17.4 Å². The van der Waals surface area contributed by atoms with Crippen molar-refractivity contribution in [2.45, 2.75) is 50.2 Å². The molecular weight excluding hydrogens is 324 g/mol. The normalized spacial score (nSPS) is 32.3. The van der Waals surface area contributed by atoms with Gasteiger partial charge in [0.05, 0.1) is 6.10 Å². The van der Waals surface area contributed by atoms with Crippen LogP contribution in [0.1, 0.15) is 24.8 Å².